The van der Waals surface area contributed by atoms with Crippen LogP contribution in [0.2, 0.25) is 0 Å². The van der Waals surface area contributed by atoms with Gasteiger partial charge >= 0.3 is 0 Å². The lowest BCUT2D eigenvalue weighted by atomic mass is 10.2. The van der Waals surface area contributed by atoms with Gasteiger partial charge < -0.3 is 5.73 Å². The molecule has 1 aromatic rings. The molecule has 0 heterocycles. The number of nitrogens with two attached hydrogens (primary N) is 1. The summed E-state index contributed by atoms with van der Waals surface area (Å²) in [6.07, 6.45) is 1.53. The van der Waals surface area contributed by atoms with Crippen molar-refractivity contribution in [3.05, 3.63) is 29.8 Å². The van der Waals surface area contributed by atoms with Crippen LogP contribution in [0.25, 0.3) is 0 Å². The van der Waals surface area contributed by atoms with Gasteiger partial charge in [-0.1, -0.05) is 32.0 Å². The first-order valence-corrected chi connectivity index (χ1v) is 8.03. The minimum atomic E-state index is -3.43. The van der Waals surface area contributed by atoms with Gasteiger partial charge in [0.1, 0.15) is 0 Å². The second-order valence-electron chi connectivity index (χ2n) is 4.43. The fourth-order valence-electron chi connectivity index (χ4n) is 1.72. The Balaban J connectivity index is 2.86. The van der Waals surface area contributed by atoms with Crippen LogP contribution in [0.1, 0.15) is 32.3 Å². The molecule has 0 unspecified atom stereocenters. The van der Waals surface area contributed by atoms with Crippen LogP contribution in [0, 0.1) is 0 Å². The van der Waals surface area contributed by atoms with E-state index in [4.69, 9.17) is 5.73 Å². The Hall–Kier alpha value is -1.11. The number of rotatable bonds is 8. The van der Waals surface area contributed by atoms with Gasteiger partial charge in [-0.15, -0.1) is 0 Å². The van der Waals surface area contributed by atoms with Crippen LogP contribution < -0.4 is 10.5 Å². The van der Waals surface area contributed by atoms with Crippen LogP contribution in [0.15, 0.2) is 24.3 Å². The highest BCUT2D eigenvalue weighted by molar-refractivity contribution is 7.87. The summed E-state index contributed by atoms with van der Waals surface area (Å²) in [6, 6.07) is 7.34. The number of nitrogens with one attached hydrogen (secondary N) is 1. The quantitative estimate of drug-likeness (QED) is 0.714. The molecule has 1 rings (SSSR count). The van der Waals surface area contributed by atoms with Crippen molar-refractivity contribution in [3.63, 3.8) is 0 Å². The minimum Gasteiger partial charge on any atom is -0.398 e. The molecule has 0 amide bonds. The van der Waals surface area contributed by atoms with E-state index in [-0.39, 0.29) is 0 Å². The van der Waals surface area contributed by atoms with Crippen LogP contribution in [0.5, 0.6) is 0 Å². The zero-order valence-electron chi connectivity index (χ0n) is 11.6. The van der Waals surface area contributed by atoms with Crippen LogP contribution in [0.3, 0.4) is 0 Å². The van der Waals surface area contributed by atoms with Gasteiger partial charge in [-0.2, -0.15) is 12.7 Å². The van der Waals surface area contributed by atoms with Crippen molar-refractivity contribution in [2.45, 2.75) is 33.2 Å². The van der Waals surface area contributed by atoms with E-state index in [0.717, 1.165) is 18.4 Å². The SMILES string of the molecule is CCCNS(=O)(=O)N(CCC)Cc1ccccc1N. The third-order valence-electron chi connectivity index (χ3n) is 2.75. The molecule has 19 heavy (non-hydrogen) atoms. The van der Waals surface area contributed by atoms with Gasteiger partial charge in [-0.3, -0.25) is 0 Å². The second kappa shape index (κ2) is 7.47. The molecule has 0 aliphatic heterocycles. The molecule has 1 aromatic carbocycles. The molecular weight excluding hydrogens is 262 g/mol. The Morgan fingerprint density at radius 2 is 1.89 bits per heavy atom. The molecule has 108 valence electrons. The van der Waals surface area contributed by atoms with Gasteiger partial charge in [-0.05, 0) is 24.5 Å². The van der Waals surface area contributed by atoms with Crippen molar-refractivity contribution in [1.29, 1.82) is 0 Å². The van der Waals surface area contributed by atoms with Crippen molar-refractivity contribution in [2.75, 3.05) is 18.8 Å². The first kappa shape index (κ1) is 15.9. The number of hydrogen-bond donors (Lipinski definition) is 2. The molecule has 0 fully saturated rings. The molecule has 0 bridgehead atoms. The van der Waals surface area contributed by atoms with Crippen molar-refractivity contribution in [2.24, 2.45) is 0 Å². The summed E-state index contributed by atoms with van der Waals surface area (Å²) in [5.74, 6) is 0. The van der Waals surface area contributed by atoms with Crippen molar-refractivity contribution in [3.8, 4) is 0 Å². The number of anilines is 1. The van der Waals surface area contributed by atoms with E-state index >= 15 is 0 Å². The first-order chi connectivity index (χ1) is 9.01. The molecule has 6 heteroatoms. The largest absolute Gasteiger partial charge is 0.398 e. The number of para-hydroxylation sites is 1. The van der Waals surface area contributed by atoms with Crippen molar-refractivity contribution >= 4 is 15.9 Å². The lowest BCUT2D eigenvalue weighted by Crippen LogP contribution is -2.41. The summed E-state index contributed by atoms with van der Waals surface area (Å²) >= 11 is 0. The Morgan fingerprint density at radius 1 is 1.21 bits per heavy atom. The first-order valence-electron chi connectivity index (χ1n) is 6.59. The average molecular weight is 285 g/mol. The maximum Gasteiger partial charge on any atom is 0.279 e. The highest BCUT2D eigenvalue weighted by Crippen LogP contribution is 2.15. The maximum absolute atomic E-state index is 12.2. The molecular formula is C13H23N3O2S. The summed E-state index contributed by atoms with van der Waals surface area (Å²) in [5.41, 5.74) is 7.32. The zero-order chi connectivity index (χ0) is 14.3. The maximum atomic E-state index is 12.2. The van der Waals surface area contributed by atoms with E-state index in [9.17, 15) is 8.42 Å². The summed E-state index contributed by atoms with van der Waals surface area (Å²) in [4.78, 5) is 0. The van der Waals surface area contributed by atoms with Crippen LogP contribution in [-0.4, -0.2) is 25.8 Å². The molecule has 0 aliphatic rings. The third kappa shape index (κ3) is 4.81. The number of nitrogen functional groups attached to an aromatic ring is 1. The van der Waals surface area contributed by atoms with Gasteiger partial charge in [0.2, 0.25) is 0 Å². The molecule has 0 aromatic heterocycles. The molecule has 0 radical (unpaired) electrons. The number of nitrogens with zero attached hydrogens (tertiary/aromatic N) is 1. The molecule has 5 nitrogen and oxygen atoms in total. The standard InChI is InChI=1S/C13H23N3O2S/c1-3-9-15-19(17,18)16(10-4-2)11-12-7-5-6-8-13(12)14/h5-8,15H,3-4,9-11,14H2,1-2H3. The lowest BCUT2D eigenvalue weighted by Gasteiger charge is -2.22. The van der Waals surface area contributed by atoms with E-state index < -0.39 is 10.2 Å². The number of benzene rings is 1. The highest BCUT2D eigenvalue weighted by atomic mass is 32.2. The molecule has 0 spiro atoms. The topological polar surface area (TPSA) is 75.4 Å². The monoisotopic (exact) mass is 285 g/mol. The predicted octanol–water partition coefficient (Wildman–Crippen LogP) is 1.73. The van der Waals surface area contributed by atoms with E-state index in [1.165, 1.54) is 4.31 Å². The van der Waals surface area contributed by atoms with Gasteiger partial charge in [0, 0.05) is 25.3 Å². The predicted molar refractivity (Wildman–Crippen MR) is 78.8 cm³/mol. The van der Waals surface area contributed by atoms with E-state index in [2.05, 4.69) is 4.72 Å². The highest BCUT2D eigenvalue weighted by Gasteiger charge is 2.21. The average Bonchev–Trinajstić information content (AvgIpc) is 2.38. The summed E-state index contributed by atoms with van der Waals surface area (Å²) in [7, 11) is -3.43. The molecule has 3 N–H and O–H groups in total. The summed E-state index contributed by atoms with van der Waals surface area (Å²) < 4.78 is 28.4. The zero-order valence-corrected chi connectivity index (χ0v) is 12.4. The molecule has 0 aliphatic carbocycles. The van der Waals surface area contributed by atoms with E-state index in [0.29, 0.717) is 25.3 Å². The van der Waals surface area contributed by atoms with Crippen LogP contribution in [-0.2, 0) is 16.8 Å². The van der Waals surface area contributed by atoms with Crippen molar-refractivity contribution in [1.82, 2.24) is 9.03 Å². The minimum absolute atomic E-state index is 0.305. The van der Waals surface area contributed by atoms with Gasteiger partial charge in [0.15, 0.2) is 0 Å². The van der Waals surface area contributed by atoms with Crippen molar-refractivity contribution < 1.29 is 8.42 Å². The summed E-state index contributed by atoms with van der Waals surface area (Å²) in [6.45, 7) is 5.12. The lowest BCUT2D eigenvalue weighted by molar-refractivity contribution is 0.398. The van der Waals surface area contributed by atoms with Crippen LogP contribution in [0.4, 0.5) is 5.69 Å². The normalized spacial score (nSPS) is 11.9. The van der Waals surface area contributed by atoms with Gasteiger partial charge in [-0.25, -0.2) is 4.72 Å². The fraction of sp³-hybridized carbons (Fsp3) is 0.538. The molecule has 0 saturated carbocycles. The Kier molecular flexibility index (Phi) is 6.27. The van der Waals surface area contributed by atoms with E-state index in [1.807, 2.05) is 32.0 Å². The van der Waals surface area contributed by atoms with Gasteiger partial charge in [0.25, 0.3) is 10.2 Å². The Labute approximate surface area is 116 Å². The Bertz CT molecular complexity index is 488. The van der Waals surface area contributed by atoms with Crippen LogP contribution >= 0.6 is 0 Å². The number of hydrogen-bond acceptors (Lipinski definition) is 3. The molecule has 0 saturated heterocycles. The second-order valence-corrected chi connectivity index (χ2v) is 6.19. The fourth-order valence-corrected chi connectivity index (χ4v) is 3.10. The molecule has 0 atom stereocenters. The Morgan fingerprint density at radius 3 is 2.47 bits per heavy atom. The third-order valence-corrected chi connectivity index (χ3v) is 4.31. The van der Waals surface area contributed by atoms with Gasteiger partial charge in [0.05, 0.1) is 0 Å². The smallest absolute Gasteiger partial charge is 0.279 e. The van der Waals surface area contributed by atoms with E-state index in [1.54, 1.807) is 6.07 Å². The summed E-state index contributed by atoms with van der Waals surface area (Å²) in [5, 5.41) is 0.